The summed E-state index contributed by atoms with van der Waals surface area (Å²) in [6.45, 7) is 8.80. The van der Waals surface area contributed by atoms with Crippen molar-refractivity contribution in [2.24, 2.45) is 5.92 Å². The molecule has 0 aromatic rings. The second kappa shape index (κ2) is 9.94. The summed E-state index contributed by atoms with van der Waals surface area (Å²) in [6.07, 6.45) is 12.1. The van der Waals surface area contributed by atoms with Crippen molar-refractivity contribution in [2.75, 3.05) is 0 Å². The molecule has 0 aliphatic rings. The molecule has 0 spiro atoms. The molecule has 0 saturated carbocycles. The van der Waals surface area contributed by atoms with Crippen LogP contribution in [-0.4, -0.2) is 10.7 Å². The van der Waals surface area contributed by atoms with Crippen molar-refractivity contribution in [1.82, 2.24) is 0 Å². The van der Waals surface area contributed by atoms with Gasteiger partial charge in [-0.1, -0.05) is 79.1 Å². The van der Waals surface area contributed by atoms with Gasteiger partial charge in [0.05, 0.1) is 5.60 Å². The fourth-order valence-corrected chi connectivity index (χ4v) is 2.42. The molecule has 0 unspecified atom stereocenters. The SMILES string of the molecule is CCCCCCC(O)(CCCCCC)C(C)C. The van der Waals surface area contributed by atoms with Crippen LogP contribution < -0.4 is 0 Å². The predicted molar refractivity (Wildman–Crippen MR) is 77.3 cm³/mol. The fourth-order valence-electron chi connectivity index (χ4n) is 2.42. The van der Waals surface area contributed by atoms with E-state index < -0.39 is 5.60 Å². The Balaban J connectivity index is 3.90. The van der Waals surface area contributed by atoms with Gasteiger partial charge in [0.2, 0.25) is 0 Å². The highest BCUT2D eigenvalue weighted by Crippen LogP contribution is 2.30. The Hall–Kier alpha value is -0.0400. The van der Waals surface area contributed by atoms with Crippen molar-refractivity contribution in [2.45, 2.75) is 97.5 Å². The van der Waals surface area contributed by atoms with Gasteiger partial charge in [0.15, 0.2) is 0 Å². The maximum absolute atomic E-state index is 10.7. The second-order valence-electron chi connectivity index (χ2n) is 5.88. The molecule has 0 radical (unpaired) electrons. The van der Waals surface area contributed by atoms with Crippen LogP contribution in [0.25, 0.3) is 0 Å². The van der Waals surface area contributed by atoms with Crippen LogP contribution in [-0.2, 0) is 0 Å². The summed E-state index contributed by atoms with van der Waals surface area (Å²) < 4.78 is 0. The number of aliphatic hydroxyl groups is 1. The molecule has 0 saturated heterocycles. The Morgan fingerprint density at radius 1 is 0.765 bits per heavy atom. The maximum Gasteiger partial charge on any atom is 0.0670 e. The lowest BCUT2D eigenvalue weighted by molar-refractivity contribution is -0.0249. The smallest absolute Gasteiger partial charge is 0.0670 e. The van der Waals surface area contributed by atoms with E-state index in [0.717, 1.165) is 12.8 Å². The summed E-state index contributed by atoms with van der Waals surface area (Å²) in [7, 11) is 0. The third kappa shape index (κ3) is 7.81. The summed E-state index contributed by atoms with van der Waals surface area (Å²) in [6, 6.07) is 0. The monoisotopic (exact) mass is 242 g/mol. The second-order valence-corrected chi connectivity index (χ2v) is 5.88. The standard InChI is InChI=1S/C16H34O/c1-5-7-9-11-13-16(17,15(3)4)14-12-10-8-6-2/h15,17H,5-14H2,1-4H3. The molecule has 0 fully saturated rings. The summed E-state index contributed by atoms with van der Waals surface area (Å²) in [5, 5.41) is 10.7. The van der Waals surface area contributed by atoms with E-state index in [2.05, 4.69) is 27.7 Å². The third-order valence-corrected chi connectivity index (χ3v) is 4.00. The van der Waals surface area contributed by atoms with Crippen molar-refractivity contribution in [1.29, 1.82) is 0 Å². The zero-order chi connectivity index (χ0) is 13.1. The van der Waals surface area contributed by atoms with E-state index >= 15 is 0 Å². The highest BCUT2D eigenvalue weighted by Gasteiger charge is 2.29. The molecule has 1 N–H and O–H groups in total. The Morgan fingerprint density at radius 2 is 1.18 bits per heavy atom. The molecule has 0 atom stereocenters. The highest BCUT2D eigenvalue weighted by molar-refractivity contribution is 4.81. The summed E-state index contributed by atoms with van der Waals surface area (Å²) in [5.74, 6) is 0.394. The van der Waals surface area contributed by atoms with E-state index in [4.69, 9.17) is 0 Å². The zero-order valence-corrected chi connectivity index (χ0v) is 12.6. The van der Waals surface area contributed by atoms with Crippen LogP contribution >= 0.6 is 0 Å². The van der Waals surface area contributed by atoms with Crippen LogP contribution in [0.4, 0.5) is 0 Å². The van der Waals surface area contributed by atoms with Gasteiger partial charge >= 0.3 is 0 Å². The van der Waals surface area contributed by atoms with Gasteiger partial charge in [-0.25, -0.2) is 0 Å². The van der Waals surface area contributed by atoms with Gasteiger partial charge in [0, 0.05) is 0 Å². The molecule has 0 aromatic carbocycles. The molecule has 0 rings (SSSR count). The van der Waals surface area contributed by atoms with Crippen LogP contribution in [0.3, 0.4) is 0 Å². The lowest BCUT2D eigenvalue weighted by Gasteiger charge is -2.32. The Bertz CT molecular complexity index is 151. The normalized spacial score (nSPS) is 12.4. The maximum atomic E-state index is 10.7. The predicted octanol–water partition coefficient (Wildman–Crippen LogP) is 5.31. The molecule has 0 amide bonds. The van der Waals surface area contributed by atoms with E-state index in [-0.39, 0.29) is 0 Å². The van der Waals surface area contributed by atoms with Crippen molar-refractivity contribution < 1.29 is 5.11 Å². The molecular weight excluding hydrogens is 208 g/mol. The van der Waals surface area contributed by atoms with E-state index in [0.29, 0.717) is 5.92 Å². The number of hydrogen-bond acceptors (Lipinski definition) is 1. The van der Waals surface area contributed by atoms with Gasteiger partial charge in [-0.3, -0.25) is 0 Å². The molecular formula is C16H34O. The van der Waals surface area contributed by atoms with E-state index in [1.165, 1.54) is 51.4 Å². The number of unbranched alkanes of at least 4 members (excludes halogenated alkanes) is 6. The minimum Gasteiger partial charge on any atom is -0.390 e. The minimum atomic E-state index is -0.401. The van der Waals surface area contributed by atoms with Gasteiger partial charge in [0.25, 0.3) is 0 Å². The van der Waals surface area contributed by atoms with E-state index in [1.807, 2.05) is 0 Å². The van der Waals surface area contributed by atoms with Crippen molar-refractivity contribution in [3.63, 3.8) is 0 Å². The average Bonchev–Trinajstić information content (AvgIpc) is 2.30. The van der Waals surface area contributed by atoms with Crippen LogP contribution in [0.5, 0.6) is 0 Å². The number of rotatable bonds is 11. The van der Waals surface area contributed by atoms with Gasteiger partial charge in [-0.05, 0) is 18.8 Å². The van der Waals surface area contributed by atoms with Crippen molar-refractivity contribution in [3.05, 3.63) is 0 Å². The van der Waals surface area contributed by atoms with Gasteiger partial charge in [-0.15, -0.1) is 0 Å². The zero-order valence-electron chi connectivity index (χ0n) is 12.6. The van der Waals surface area contributed by atoms with Crippen LogP contribution in [0.15, 0.2) is 0 Å². The largest absolute Gasteiger partial charge is 0.390 e. The summed E-state index contributed by atoms with van der Waals surface area (Å²) in [5.41, 5.74) is -0.401. The topological polar surface area (TPSA) is 20.2 Å². The first kappa shape index (κ1) is 17.0. The summed E-state index contributed by atoms with van der Waals surface area (Å²) in [4.78, 5) is 0. The number of hydrogen-bond donors (Lipinski definition) is 1. The summed E-state index contributed by atoms with van der Waals surface area (Å²) >= 11 is 0. The van der Waals surface area contributed by atoms with Crippen molar-refractivity contribution in [3.8, 4) is 0 Å². The van der Waals surface area contributed by atoms with Crippen LogP contribution in [0, 0.1) is 5.92 Å². The Kier molecular flexibility index (Phi) is 9.91. The first-order valence-electron chi connectivity index (χ1n) is 7.79. The molecule has 104 valence electrons. The van der Waals surface area contributed by atoms with Crippen molar-refractivity contribution >= 4 is 0 Å². The molecule has 0 aromatic heterocycles. The third-order valence-electron chi connectivity index (χ3n) is 4.00. The Labute approximate surface area is 109 Å². The average molecular weight is 242 g/mol. The molecule has 0 aliphatic heterocycles. The van der Waals surface area contributed by atoms with Gasteiger partial charge in [-0.2, -0.15) is 0 Å². The molecule has 0 aliphatic carbocycles. The molecule has 17 heavy (non-hydrogen) atoms. The van der Waals surface area contributed by atoms with Crippen LogP contribution in [0.1, 0.15) is 91.9 Å². The quantitative estimate of drug-likeness (QED) is 0.486. The lowest BCUT2D eigenvalue weighted by atomic mass is 9.81. The van der Waals surface area contributed by atoms with E-state index in [1.54, 1.807) is 0 Å². The van der Waals surface area contributed by atoms with Crippen LogP contribution in [0.2, 0.25) is 0 Å². The molecule has 1 nitrogen and oxygen atoms in total. The first-order chi connectivity index (χ1) is 8.06. The molecule has 0 bridgehead atoms. The van der Waals surface area contributed by atoms with E-state index in [9.17, 15) is 5.11 Å². The molecule has 0 heterocycles. The fraction of sp³-hybridized carbons (Fsp3) is 1.00. The van der Waals surface area contributed by atoms with Gasteiger partial charge in [0.1, 0.15) is 0 Å². The van der Waals surface area contributed by atoms with Gasteiger partial charge < -0.3 is 5.11 Å². The minimum absolute atomic E-state index is 0.394. The highest BCUT2D eigenvalue weighted by atomic mass is 16.3. The molecule has 1 heteroatoms. The first-order valence-corrected chi connectivity index (χ1v) is 7.79. The Morgan fingerprint density at radius 3 is 1.47 bits per heavy atom. The lowest BCUT2D eigenvalue weighted by Crippen LogP contribution is -2.34.